The van der Waals surface area contributed by atoms with Crippen LogP contribution in [0.2, 0.25) is 5.02 Å². The average molecular weight is 322 g/mol. The minimum Gasteiger partial charge on any atom is -0.317 e. The van der Waals surface area contributed by atoms with Crippen LogP contribution in [0.4, 0.5) is 0 Å². The van der Waals surface area contributed by atoms with Crippen LogP contribution in [0, 0.1) is 5.92 Å². The van der Waals surface area contributed by atoms with Crippen LogP contribution >= 0.6 is 22.9 Å². The number of hydrogen-bond acceptors (Lipinski definition) is 2. The standard InChI is InChI=1S/C18H24ClNS/c1-3-17-8-9-18(21-17)12-15(13-20-4-2)10-14-6-5-7-16(19)11-14/h5-9,11,15,20H,3-4,10,12-13H2,1-2H3. The van der Waals surface area contributed by atoms with Gasteiger partial charge in [0.1, 0.15) is 0 Å². The maximum Gasteiger partial charge on any atom is 0.0408 e. The molecule has 0 amide bonds. The predicted octanol–water partition coefficient (Wildman–Crippen LogP) is 4.97. The molecule has 1 heterocycles. The van der Waals surface area contributed by atoms with Gasteiger partial charge in [-0.1, -0.05) is 37.6 Å². The lowest BCUT2D eigenvalue weighted by Crippen LogP contribution is -2.25. The molecule has 1 aromatic carbocycles. The monoisotopic (exact) mass is 321 g/mol. The van der Waals surface area contributed by atoms with E-state index >= 15 is 0 Å². The van der Waals surface area contributed by atoms with E-state index in [0.29, 0.717) is 5.92 Å². The van der Waals surface area contributed by atoms with E-state index in [1.807, 2.05) is 23.5 Å². The first-order valence-electron chi connectivity index (χ1n) is 7.74. The van der Waals surface area contributed by atoms with E-state index in [1.165, 1.54) is 15.3 Å². The van der Waals surface area contributed by atoms with E-state index in [9.17, 15) is 0 Å². The first-order chi connectivity index (χ1) is 10.2. The number of aryl methyl sites for hydroxylation is 1. The van der Waals surface area contributed by atoms with Crippen LogP contribution in [-0.2, 0) is 19.3 Å². The number of benzene rings is 1. The van der Waals surface area contributed by atoms with Crippen LogP contribution < -0.4 is 5.32 Å². The zero-order valence-electron chi connectivity index (χ0n) is 12.9. The molecule has 0 spiro atoms. The highest BCUT2D eigenvalue weighted by atomic mass is 35.5. The van der Waals surface area contributed by atoms with Crippen molar-refractivity contribution in [2.45, 2.75) is 33.1 Å². The molecule has 0 fully saturated rings. The molecular formula is C18H24ClNS. The molecule has 2 aromatic rings. The third-order valence-corrected chi connectivity index (χ3v) is 5.14. The van der Waals surface area contributed by atoms with Crippen molar-refractivity contribution in [1.29, 1.82) is 0 Å². The Morgan fingerprint density at radius 2 is 1.90 bits per heavy atom. The smallest absolute Gasteiger partial charge is 0.0408 e. The van der Waals surface area contributed by atoms with Gasteiger partial charge in [0.05, 0.1) is 0 Å². The summed E-state index contributed by atoms with van der Waals surface area (Å²) >= 11 is 8.06. The molecule has 21 heavy (non-hydrogen) atoms. The molecule has 2 rings (SSSR count). The Morgan fingerprint density at radius 1 is 1.10 bits per heavy atom. The molecule has 1 atom stereocenters. The summed E-state index contributed by atoms with van der Waals surface area (Å²) in [6.45, 7) is 6.47. The first-order valence-corrected chi connectivity index (χ1v) is 8.93. The fourth-order valence-electron chi connectivity index (χ4n) is 2.57. The van der Waals surface area contributed by atoms with Crippen LogP contribution in [0.3, 0.4) is 0 Å². The minimum atomic E-state index is 0.617. The van der Waals surface area contributed by atoms with Gasteiger partial charge in [0.15, 0.2) is 0 Å². The molecule has 3 heteroatoms. The van der Waals surface area contributed by atoms with Gasteiger partial charge in [-0.05, 0) is 68.1 Å². The Hall–Kier alpha value is -0.830. The largest absolute Gasteiger partial charge is 0.317 e. The highest BCUT2D eigenvalue weighted by Crippen LogP contribution is 2.23. The summed E-state index contributed by atoms with van der Waals surface area (Å²) in [5.74, 6) is 0.617. The molecule has 1 aromatic heterocycles. The second kappa shape index (κ2) is 8.57. The van der Waals surface area contributed by atoms with Gasteiger partial charge in [0.25, 0.3) is 0 Å². The van der Waals surface area contributed by atoms with E-state index in [-0.39, 0.29) is 0 Å². The Morgan fingerprint density at radius 3 is 2.57 bits per heavy atom. The highest BCUT2D eigenvalue weighted by Gasteiger charge is 2.12. The number of rotatable bonds is 8. The van der Waals surface area contributed by atoms with Crippen LogP contribution in [-0.4, -0.2) is 13.1 Å². The van der Waals surface area contributed by atoms with Crippen LogP contribution in [0.15, 0.2) is 36.4 Å². The molecular weight excluding hydrogens is 298 g/mol. The fraction of sp³-hybridized carbons (Fsp3) is 0.444. The average Bonchev–Trinajstić information content (AvgIpc) is 2.92. The SMILES string of the molecule is CCNCC(Cc1cccc(Cl)c1)Cc1ccc(CC)s1. The quantitative estimate of drug-likeness (QED) is 0.723. The molecule has 0 saturated heterocycles. The zero-order valence-corrected chi connectivity index (χ0v) is 14.4. The summed E-state index contributed by atoms with van der Waals surface area (Å²) in [6, 6.07) is 12.8. The Kier molecular flexibility index (Phi) is 6.75. The summed E-state index contributed by atoms with van der Waals surface area (Å²) in [5.41, 5.74) is 1.33. The summed E-state index contributed by atoms with van der Waals surface area (Å²) < 4.78 is 0. The molecule has 0 aliphatic rings. The highest BCUT2D eigenvalue weighted by molar-refractivity contribution is 7.11. The van der Waals surface area contributed by atoms with Gasteiger partial charge in [-0.2, -0.15) is 0 Å². The van der Waals surface area contributed by atoms with Gasteiger partial charge in [-0.3, -0.25) is 0 Å². The van der Waals surface area contributed by atoms with Gasteiger partial charge in [-0.15, -0.1) is 11.3 Å². The van der Waals surface area contributed by atoms with Crippen molar-refractivity contribution in [3.63, 3.8) is 0 Å². The molecule has 0 radical (unpaired) electrons. The molecule has 0 aliphatic carbocycles. The van der Waals surface area contributed by atoms with E-state index in [1.54, 1.807) is 0 Å². The summed E-state index contributed by atoms with van der Waals surface area (Å²) in [4.78, 5) is 2.98. The van der Waals surface area contributed by atoms with Crippen molar-refractivity contribution in [1.82, 2.24) is 5.32 Å². The third-order valence-electron chi connectivity index (χ3n) is 3.65. The third kappa shape index (κ3) is 5.46. The molecule has 0 aliphatic heterocycles. The molecule has 0 saturated carbocycles. The van der Waals surface area contributed by atoms with Crippen LogP contribution in [0.25, 0.3) is 0 Å². The summed E-state index contributed by atoms with van der Waals surface area (Å²) in [7, 11) is 0. The maximum atomic E-state index is 6.10. The van der Waals surface area contributed by atoms with Gasteiger partial charge < -0.3 is 5.32 Å². The van der Waals surface area contributed by atoms with Crippen LogP contribution in [0.5, 0.6) is 0 Å². The van der Waals surface area contributed by atoms with E-state index in [0.717, 1.165) is 37.4 Å². The molecule has 1 unspecified atom stereocenters. The molecule has 0 bridgehead atoms. The van der Waals surface area contributed by atoms with Crippen molar-refractivity contribution in [3.8, 4) is 0 Å². The lowest BCUT2D eigenvalue weighted by molar-refractivity contribution is 0.481. The van der Waals surface area contributed by atoms with Gasteiger partial charge in [0.2, 0.25) is 0 Å². The number of thiophene rings is 1. The summed E-state index contributed by atoms with van der Waals surface area (Å²) in [6.07, 6.45) is 3.36. The van der Waals surface area contributed by atoms with Crippen LogP contribution in [0.1, 0.15) is 29.2 Å². The van der Waals surface area contributed by atoms with Crippen molar-refractivity contribution in [2.24, 2.45) is 5.92 Å². The maximum absolute atomic E-state index is 6.10. The number of hydrogen-bond donors (Lipinski definition) is 1. The van der Waals surface area contributed by atoms with Crippen molar-refractivity contribution >= 4 is 22.9 Å². The van der Waals surface area contributed by atoms with E-state index in [4.69, 9.17) is 11.6 Å². The first kappa shape index (κ1) is 16.5. The lowest BCUT2D eigenvalue weighted by Gasteiger charge is -2.17. The Labute approximate surface area is 137 Å². The van der Waals surface area contributed by atoms with E-state index < -0.39 is 0 Å². The van der Waals surface area contributed by atoms with Gasteiger partial charge in [-0.25, -0.2) is 0 Å². The number of halogens is 1. The zero-order chi connectivity index (χ0) is 15.1. The Bertz CT molecular complexity index is 550. The second-order valence-electron chi connectivity index (χ2n) is 5.43. The normalized spacial score (nSPS) is 12.5. The van der Waals surface area contributed by atoms with Gasteiger partial charge in [0, 0.05) is 14.8 Å². The minimum absolute atomic E-state index is 0.617. The number of nitrogens with one attached hydrogen (secondary N) is 1. The lowest BCUT2D eigenvalue weighted by atomic mass is 9.95. The topological polar surface area (TPSA) is 12.0 Å². The van der Waals surface area contributed by atoms with Gasteiger partial charge >= 0.3 is 0 Å². The van der Waals surface area contributed by atoms with E-state index in [2.05, 4.69) is 43.4 Å². The fourth-order valence-corrected chi connectivity index (χ4v) is 3.85. The van der Waals surface area contributed by atoms with Crippen molar-refractivity contribution in [2.75, 3.05) is 13.1 Å². The molecule has 114 valence electrons. The predicted molar refractivity (Wildman–Crippen MR) is 94.6 cm³/mol. The van der Waals surface area contributed by atoms with Crippen molar-refractivity contribution < 1.29 is 0 Å². The summed E-state index contributed by atoms with van der Waals surface area (Å²) in [5, 5.41) is 4.33. The van der Waals surface area contributed by atoms with Crippen molar-refractivity contribution in [3.05, 3.63) is 56.7 Å². The second-order valence-corrected chi connectivity index (χ2v) is 7.12. The molecule has 1 nitrogen and oxygen atoms in total. The molecule has 1 N–H and O–H groups in total. The Balaban J connectivity index is 2.03.